The molecule has 4 N–H and O–H groups in total. The Hall–Kier alpha value is -2.08. The summed E-state index contributed by atoms with van der Waals surface area (Å²) in [5.41, 5.74) is 0. The molecule has 0 bridgehead atoms. The van der Waals surface area contributed by atoms with E-state index in [0.717, 1.165) is 70.6 Å². The lowest BCUT2D eigenvalue weighted by atomic mass is 9.99. The predicted octanol–water partition coefficient (Wildman–Crippen LogP) is 11.8. The SMILES string of the molecule is CC/C=C/C/C=C/C/C=C/CCCCCCCC(=O)OC[C@H](CO[C@@H]1O[C@H](CO)[C@H](O)C(O)C1O)OC(=O)CCCCCCCCCCCCCCCCCCCCCCCC. The van der Waals surface area contributed by atoms with Crippen molar-refractivity contribution in [2.24, 2.45) is 0 Å². The minimum absolute atomic E-state index is 0.224. The molecule has 0 aromatic rings. The number of unbranched alkanes of at least 4 members (excludes halogenated alkanes) is 26. The van der Waals surface area contributed by atoms with Gasteiger partial charge in [-0.25, -0.2) is 0 Å². The van der Waals surface area contributed by atoms with E-state index in [1.54, 1.807) is 0 Å². The first-order chi connectivity index (χ1) is 30.3. The highest BCUT2D eigenvalue weighted by molar-refractivity contribution is 5.70. The molecule has 0 saturated carbocycles. The molecule has 1 aliphatic heterocycles. The molecule has 0 aromatic carbocycles. The maximum absolute atomic E-state index is 12.8. The molecule has 0 radical (unpaired) electrons. The second-order valence-electron chi connectivity index (χ2n) is 17.6. The maximum atomic E-state index is 12.8. The standard InChI is InChI=1S/C52H94O10/c1-3-5-7-9-11-13-15-17-19-20-21-22-23-24-25-27-29-31-33-35-37-39-41-48(55)61-45(44-60-52-51(58)50(57)49(56)46(42-53)62-52)43-59-47(54)40-38-36-34-32-30-28-26-18-16-14-12-10-8-6-4-2/h6,8,12,14,18,26,45-46,49-53,56-58H,3-5,7,9-11,13,15-17,19-25,27-44H2,1-2H3/b8-6+,14-12+,26-18+/t45-,46-,49+,50?,51?,52-/m1/s1. The van der Waals surface area contributed by atoms with Gasteiger partial charge in [-0.15, -0.1) is 0 Å². The molecule has 0 aromatic heterocycles. The minimum atomic E-state index is -1.60. The second kappa shape index (κ2) is 42.8. The number of aliphatic hydroxyl groups is 4. The van der Waals surface area contributed by atoms with Crippen LogP contribution in [0.15, 0.2) is 36.5 Å². The van der Waals surface area contributed by atoms with E-state index in [4.69, 9.17) is 18.9 Å². The predicted molar refractivity (Wildman–Crippen MR) is 252 cm³/mol. The molecule has 2 unspecified atom stereocenters. The molecule has 10 heteroatoms. The van der Waals surface area contributed by atoms with Crippen LogP contribution in [-0.4, -0.2) is 89.0 Å². The van der Waals surface area contributed by atoms with Gasteiger partial charge in [-0.2, -0.15) is 0 Å². The highest BCUT2D eigenvalue weighted by Gasteiger charge is 2.44. The summed E-state index contributed by atoms with van der Waals surface area (Å²) in [4.78, 5) is 25.4. The van der Waals surface area contributed by atoms with Crippen LogP contribution in [-0.2, 0) is 28.5 Å². The normalized spacial score (nSPS) is 19.9. The van der Waals surface area contributed by atoms with Gasteiger partial charge in [0.05, 0.1) is 13.2 Å². The van der Waals surface area contributed by atoms with Crippen LogP contribution in [0.3, 0.4) is 0 Å². The lowest BCUT2D eigenvalue weighted by molar-refractivity contribution is -0.305. The average Bonchev–Trinajstić information content (AvgIpc) is 3.27. The Kier molecular flexibility index (Phi) is 40.0. The number of rotatable bonds is 43. The highest BCUT2D eigenvalue weighted by atomic mass is 16.7. The van der Waals surface area contributed by atoms with Crippen molar-refractivity contribution >= 4 is 11.9 Å². The van der Waals surface area contributed by atoms with Crippen LogP contribution >= 0.6 is 0 Å². The highest BCUT2D eigenvalue weighted by Crippen LogP contribution is 2.23. The van der Waals surface area contributed by atoms with Crippen molar-refractivity contribution in [2.45, 2.75) is 263 Å². The molecule has 0 spiro atoms. The Balaban J connectivity index is 2.24. The summed E-state index contributed by atoms with van der Waals surface area (Å²) in [5.74, 6) is -0.817. The van der Waals surface area contributed by atoms with Gasteiger partial charge < -0.3 is 39.4 Å². The number of ether oxygens (including phenoxy) is 4. The van der Waals surface area contributed by atoms with Crippen molar-refractivity contribution in [1.29, 1.82) is 0 Å². The summed E-state index contributed by atoms with van der Waals surface area (Å²) in [6.07, 6.45) is 43.0. The van der Waals surface area contributed by atoms with Crippen molar-refractivity contribution in [3.63, 3.8) is 0 Å². The van der Waals surface area contributed by atoms with Crippen LogP contribution in [0, 0.1) is 0 Å². The van der Waals surface area contributed by atoms with E-state index in [-0.39, 0.29) is 32.0 Å². The van der Waals surface area contributed by atoms with Gasteiger partial charge in [0.1, 0.15) is 31.0 Å². The van der Waals surface area contributed by atoms with Gasteiger partial charge in [0, 0.05) is 12.8 Å². The molecule has 1 heterocycles. The van der Waals surface area contributed by atoms with Crippen LogP contribution in [0.4, 0.5) is 0 Å². The van der Waals surface area contributed by atoms with Crippen LogP contribution in [0.1, 0.15) is 226 Å². The first-order valence-electron chi connectivity index (χ1n) is 25.6. The third-order valence-corrected chi connectivity index (χ3v) is 11.8. The van der Waals surface area contributed by atoms with E-state index in [2.05, 4.69) is 50.3 Å². The Labute approximate surface area is 378 Å². The Morgan fingerprint density at radius 3 is 1.44 bits per heavy atom. The third-order valence-electron chi connectivity index (χ3n) is 11.8. The minimum Gasteiger partial charge on any atom is -0.462 e. The van der Waals surface area contributed by atoms with Crippen LogP contribution < -0.4 is 0 Å². The van der Waals surface area contributed by atoms with Crippen molar-refractivity contribution in [3.8, 4) is 0 Å². The summed E-state index contributed by atoms with van der Waals surface area (Å²) in [7, 11) is 0. The fraction of sp³-hybridized carbons (Fsp3) is 0.846. The molecule has 10 nitrogen and oxygen atoms in total. The lowest BCUT2D eigenvalue weighted by Crippen LogP contribution is -2.59. The molecule has 1 fully saturated rings. The zero-order valence-electron chi connectivity index (χ0n) is 39.6. The average molecular weight is 879 g/mol. The van der Waals surface area contributed by atoms with Crippen molar-refractivity contribution in [2.75, 3.05) is 19.8 Å². The molecular formula is C52H94O10. The summed E-state index contributed by atoms with van der Waals surface area (Å²) >= 11 is 0. The first-order valence-corrected chi connectivity index (χ1v) is 25.6. The fourth-order valence-corrected chi connectivity index (χ4v) is 7.79. The van der Waals surface area contributed by atoms with E-state index < -0.39 is 49.4 Å². The number of carbonyl (C=O) groups excluding carboxylic acids is 2. The van der Waals surface area contributed by atoms with Gasteiger partial charge in [0.25, 0.3) is 0 Å². The second-order valence-corrected chi connectivity index (χ2v) is 17.6. The number of carbonyl (C=O) groups is 2. The molecule has 0 amide bonds. The molecule has 1 saturated heterocycles. The number of esters is 2. The van der Waals surface area contributed by atoms with Crippen molar-refractivity contribution < 1.29 is 49.0 Å². The van der Waals surface area contributed by atoms with E-state index in [9.17, 15) is 30.0 Å². The quantitative estimate of drug-likeness (QED) is 0.0265. The largest absolute Gasteiger partial charge is 0.462 e. The molecule has 62 heavy (non-hydrogen) atoms. The Bertz CT molecular complexity index is 1110. The Morgan fingerprint density at radius 1 is 0.516 bits per heavy atom. The molecule has 0 aliphatic carbocycles. The van der Waals surface area contributed by atoms with Gasteiger partial charge in [-0.05, 0) is 44.9 Å². The van der Waals surface area contributed by atoms with E-state index >= 15 is 0 Å². The smallest absolute Gasteiger partial charge is 0.306 e. The summed E-state index contributed by atoms with van der Waals surface area (Å²) in [6, 6.07) is 0. The summed E-state index contributed by atoms with van der Waals surface area (Å²) < 4.78 is 22.2. The van der Waals surface area contributed by atoms with E-state index in [0.29, 0.717) is 12.8 Å². The van der Waals surface area contributed by atoms with Crippen LogP contribution in [0.2, 0.25) is 0 Å². The van der Waals surface area contributed by atoms with Crippen LogP contribution in [0.25, 0.3) is 0 Å². The Morgan fingerprint density at radius 2 is 0.952 bits per heavy atom. The lowest BCUT2D eigenvalue weighted by Gasteiger charge is -2.39. The monoisotopic (exact) mass is 879 g/mol. The van der Waals surface area contributed by atoms with Gasteiger partial charge in [-0.3, -0.25) is 9.59 Å². The first kappa shape index (κ1) is 57.9. The molecule has 362 valence electrons. The maximum Gasteiger partial charge on any atom is 0.306 e. The zero-order chi connectivity index (χ0) is 45.1. The number of allylic oxidation sites excluding steroid dienone is 6. The van der Waals surface area contributed by atoms with Gasteiger partial charge in [0.15, 0.2) is 12.4 Å². The topological polar surface area (TPSA) is 152 Å². The number of hydrogen-bond acceptors (Lipinski definition) is 10. The van der Waals surface area contributed by atoms with Gasteiger partial charge in [-0.1, -0.05) is 204 Å². The van der Waals surface area contributed by atoms with Gasteiger partial charge >= 0.3 is 11.9 Å². The molecule has 1 aliphatic rings. The molecule has 1 rings (SSSR count). The fourth-order valence-electron chi connectivity index (χ4n) is 7.79. The molecule has 6 atom stereocenters. The summed E-state index contributed by atoms with van der Waals surface area (Å²) in [5, 5.41) is 40.2. The molecular weight excluding hydrogens is 785 g/mol. The van der Waals surface area contributed by atoms with E-state index in [1.165, 1.54) is 116 Å². The van der Waals surface area contributed by atoms with Crippen molar-refractivity contribution in [3.05, 3.63) is 36.5 Å². The van der Waals surface area contributed by atoms with E-state index in [1.807, 2.05) is 0 Å². The zero-order valence-corrected chi connectivity index (χ0v) is 39.6. The number of hydrogen-bond donors (Lipinski definition) is 4. The number of aliphatic hydroxyl groups excluding tert-OH is 4. The van der Waals surface area contributed by atoms with Crippen molar-refractivity contribution in [1.82, 2.24) is 0 Å². The third kappa shape index (κ3) is 33.4. The van der Waals surface area contributed by atoms with Gasteiger partial charge in [0.2, 0.25) is 0 Å². The summed E-state index contributed by atoms with van der Waals surface area (Å²) in [6.45, 7) is 3.33. The van der Waals surface area contributed by atoms with Crippen LogP contribution in [0.5, 0.6) is 0 Å².